The first kappa shape index (κ1) is 17.7. The topological polar surface area (TPSA) is 38.3 Å². The lowest BCUT2D eigenvalue weighted by Crippen LogP contribution is -2.19. The molecule has 0 amide bonds. The molecule has 0 aliphatic rings. The summed E-state index contributed by atoms with van der Waals surface area (Å²) >= 11 is 3.58. The SMILES string of the molecule is CCOc1ccc(C(C)=O)cc1CNC(C)c1ccccc1Br. The third-order valence-corrected chi connectivity index (χ3v) is 4.46. The normalized spacial score (nSPS) is 12.0. The molecule has 2 aromatic rings. The van der Waals surface area contributed by atoms with Crippen molar-refractivity contribution in [2.45, 2.75) is 33.4 Å². The zero-order valence-electron chi connectivity index (χ0n) is 13.7. The number of ether oxygens (including phenoxy) is 1. The van der Waals surface area contributed by atoms with Gasteiger partial charge >= 0.3 is 0 Å². The van der Waals surface area contributed by atoms with Crippen LogP contribution in [0, 0.1) is 0 Å². The van der Waals surface area contributed by atoms with E-state index in [-0.39, 0.29) is 11.8 Å². The Morgan fingerprint density at radius 1 is 1.26 bits per heavy atom. The van der Waals surface area contributed by atoms with Crippen molar-refractivity contribution in [1.29, 1.82) is 0 Å². The standard InChI is InChI=1S/C19H22BrNO2/c1-4-23-19-10-9-15(14(3)22)11-16(19)12-21-13(2)17-7-5-6-8-18(17)20/h5-11,13,21H,4,12H2,1-3H3. The van der Waals surface area contributed by atoms with Crippen LogP contribution in [0.3, 0.4) is 0 Å². The summed E-state index contributed by atoms with van der Waals surface area (Å²) in [5.41, 5.74) is 2.91. The molecule has 23 heavy (non-hydrogen) atoms. The average molecular weight is 376 g/mol. The lowest BCUT2D eigenvalue weighted by atomic mass is 10.1. The Morgan fingerprint density at radius 2 is 2.00 bits per heavy atom. The Balaban J connectivity index is 2.16. The van der Waals surface area contributed by atoms with Gasteiger partial charge in [0.2, 0.25) is 0 Å². The Labute approximate surface area is 146 Å². The van der Waals surface area contributed by atoms with Crippen LogP contribution in [0.2, 0.25) is 0 Å². The van der Waals surface area contributed by atoms with E-state index in [4.69, 9.17) is 4.74 Å². The van der Waals surface area contributed by atoms with Crippen LogP contribution in [0.1, 0.15) is 48.3 Å². The third-order valence-electron chi connectivity index (χ3n) is 3.74. The summed E-state index contributed by atoms with van der Waals surface area (Å²) in [6, 6.07) is 13.9. The van der Waals surface area contributed by atoms with Gasteiger partial charge in [0.15, 0.2) is 5.78 Å². The largest absolute Gasteiger partial charge is 0.494 e. The van der Waals surface area contributed by atoms with E-state index < -0.39 is 0 Å². The highest BCUT2D eigenvalue weighted by molar-refractivity contribution is 9.10. The second-order valence-electron chi connectivity index (χ2n) is 5.44. The molecule has 122 valence electrons. The molecule has 0 aromatic heterocycles. The molecule has 0 fully saturated rings. The molecule has 4 heteroatoms. The minimum absolute atomic E-state index is 0.0631. The third kappa shape index (κ3) is 4.66. The summed E-state index contributed by atoms with van der Waals surface area (Å²) in [6.07, 6.45) is 0. The van der Waals surface area contributed by atoms with Crippen molar-refractivity contribution in [2.75, 3.05) is 6.61 Å². The van der Waals surface area contributed by atoms with Gasteiger partial charge < -0.3 is 10.1 Å². The lowest BCUT2D eigenvalue weighted by Gasteiger charge is -2.18. The second kappa shape index (κ2) is 8.27. The van der Waals surface area contributed by atoms with Gasteiger partial charge in [-0.2, -0.15) is 0 Å². The number of hydrogen-bond donors (Lipinski definition) is 1. The summed E-state index contributed by atoms with van der Waals surface area (Å²) in [4.78, 5) is 11.6. The van der Waals surface area contributed by atoms with Gasteiger partial charge in [-0.1, -0.05) is 34.1 Å². The summed E-state index contributed by atoms with van der Waals surface area (Å²) in [5, 5.41) is 3.50. The van der Waals surface area contributed by atoms with Gasteiger partial charge in [0, 0.05) is 28.2 Å². The fraction of sp³-hybridized carbons (Fsp3) is 0.316. The van der Waals surface area contributed by atoms with Crippen LogP contribution in [-0.2, 0) is 6.54 Å². The van der Waals surface area contributed by atoms with E-state index in [1.807, 2.05) is 43.3 Å². The monoisotopic (exact) mass is 375 g/mol. The van der Waals surface area contributed by atoms with Crippen LogP contribution < -0.4 is 10.1 Å². The summed E-state index contributed by atoms with van der Waals surface area (Å²) in [5.74, 6) is 0.887. The number of carbonyl (C=O) groups excluding carboxylic acids is 1. The molecular weight excluding hydrogens is 354 g/mol. The molecule has 0 saturated carbocycles. The minimum Gasteiger partial charge on any atom is -0.494 e. The van der Waals surface area contributed by atoms with Crippen LogP contribution in [0.5, 0.6) is 5.75 Å². The Hall–Kier alpha value is -1.65. The smallest absolute Gasteiger partial charge is 0.159 e. The Morgan fingerprint density at radius 3 is 2.65 bits per heavy atom. The molecule has 2 aromatic carbocycles. The Kier molecular flexibility index (Phi) is 6.37. The van der Waals surface area contributed by atoms with Crippen LogP contribution >= 0.6 is 15.9 Å². The maximum absolute atomic E-state index is 11.6. The zero-order chi connectivity index (χ0) is 16.8. The highest BCUT2D eigenvalue weighted by atomic mass is 79.9. The highest BCUT2D eigenvalue weighted by Gasteiger charge is 2.11. The zero-order valence-corrected chi connectivity index (χ0v) is 15.3. The molecule has 0 spiro atoms. The molecule has 3 nitrogen and oxygen atoms in total. The number of rotatable bonds is 7. The molecule has 0 radical (unpaired) electrons. The van der Waals surface area contributed by atoms with Crippen molar-refractivity contribution < 1.29 is 9.53 Å². The van der Waals surface area contributed by atoms with E-state index in [1.165, 1.54) is 5.56 Å². The van der Waals surface area contributed by atoms with Crippen molar-refractivity contribution in [3.05, 3.63) is 63.6 Å². The fourth-order valence-electron chi connectivity index (χ4n) is 2.43. The van der Waals surface area contributed by atoms with Crippen molar-refractivity contribution in [3.8, 4) is 5.75 Å². The van der Waals surface area contributed by atoms with E-state index in [0.717, 1.165) is 15.8 Å². The van der Waals surface area contributed by atoms with E-state index >= 15 is 0 Å². The minimum atomic E-state index is 0.0631. The predicted molar refractivity (Wildman–Crippen MR) is 97.0 cm³/mol. The molecule has 1 N–H and O–H groups in total. The number of hydrogen-bond acceptors (Lipinski definition) is 3. The van der Waals surface area contributed by atoms with E-state index in [2.05, 4.69) is 34.2 Å². The average Bonchev–Trinajstić information content (AvgIpc) is 2.54. The van der Waals surface area contributed by atoms with Gasteiger partial charge in [0.1, 0.15) is 5.75 Å². The van der Waals surface area contributed by atoms with Gasteiger partial charge in [0.25, 0.3) is 0 Å². The molecule has 0 saturated heterocycles. The van der Waals surface area contributed by atoms with Crippen molar-refractivity contribution >= 4 is 21.7 Å². The number of carbonyl (C=O) groups is 1. The first-order valence-corrected chi connectivity index (χ1v) is 8.56. The van der Waals surface area contributed by atoms with Gasteiger partial charge in [-0.15, -0.1) is 0 Å². The molecule has 0 aliphatic carbocycles. The maximum atomic E-state index is 11.6. The molecule has 0 bridgehead atoms. The second-order valence-corrected chi connectivity index (χ2v) is 6.29. The molecule has 0 aliphatic heterocycles. The van der Waals surface area contributed by atoms with E-state index in [1.54, 1.807) is 6.92 Å². The molecular formula is C19H22BrNO2. The molecule has 2 rings (SSSR count). The number of benzene rings is 2. The lowest BCUT2D eigenvalue weighted by molar-refractivity contribution is 0.101. The number of ketones is 1. The van der Waals surface area contributed by atoms with Crippen LogP contribution in [-0.4, -0.2) is 12.4 Å². The highest BCUT2D eigenvalue weighted by Crippen LogP contribution is 2.25. The molecule has 1 atom stereocenters. The number of halogens is 1. The maximum Gasteiger partial charge on any atom is 0.159 e. The summed E-state index contributed by atoms with van der Waals surface area (Å²) in [7, 11) is 0. The van der Waals surface area contributed by atoms with Crippen LogP contribution in [0.4, 0.5) is 0 Å². The van der Waals surface area contributed by atoms with Gasteiger partial charge in [-0.3, -0.25) is 4.79 Å². The predicted octanol–water partition coefficient (Wildman–Crippen LogP) is 4.90. The van der Waals surface area contributed by atoms with E-state index in [9.17, 15) is 4.79 Å². The number of Topliss-reactive ketones (excluding diaryl/α,β-unsaturated/α-hetero) is 1. The first-order valence-electron chi connectivity index (χ1n) is 7.77. The quantitative estimate of drug-likeness (QED) is 0.699. The van der Waals surface area contributed by atoms with Crippen LogP contribution in [0.15, 0.2) is 46.9 Å². The first-order chi connectivity index (χ1) is 11.0. The summed E-state index contributed by atoms with van der Waals surface area (Å²) in [6.45, 7) is 6.90. The summed E-state index contributed by atoms with van der Waals surface area (Å²) < 4.78 is 6.76. The van der Waals surface area contributed by atoms with Crippen molar-refractivity contribution in [2.24, 2.45) is 0 Å². The Bertz CT molecular complexity index is 685. The van der Waals surface area contributed by atoms with Crippen molar-refractivity contribution in [3.63, 3.8) is 0 Å². The molecule has 0 heterocycles. The fourth-order valence-corrected chi connectivity index (χ4v) is 3.06. The van der Waals surface area contributed by atoms with Gasteiger partial charge in [-0.05, 0) is 50.6 Å². The van der Waals surface area contributed by atoms with Crippen molar-refractivity contribution in [1.82, 2.24) is 5.32 Å². The van der Waals surface area contributed by atoms with E-state index in [0.29, 0.717) is 18.7 Å². The van der Waals surface area contributed by atoms with Gasteiger partial charge in [0.05, 0.1) is 6.61 Å². The van der Waals surface area contributed by atoms with Crippen LogP contribution in [0.25, 0.3) is 0 Å². The number of nitrogens with one attached hydrogen (secondary N) is 1. The van der Waals surface area contributed by atoms with Gasteiger partial charge in [-0.25, -0.2) is 0 Å². The molecule has 1 unspecified atom stereocenters.